The van der Waals surface area contributed by atoms with Gasteiger partial charge in [-0.1, -0.05) is 60.7 Å². The Bertz CT molecular complexity index is 1080. The summed E-state index contributed by atoms with van der Waals surface area (Å²) in [7, 11) is 1.29. The summed E-state index contributed by atoms with van der Waals surface area (Å²) in [4.78, 5) is 41.3. The van der Waals surface area contributed by atoms with E-state index in [1.807, 2.05) is 74.5 Å². The fourth-order valence-electron chi connectivity index (χ4n) is 3.78. The first-order valence-electron chi connectivity index (χ1n) is 10.8. The predicted octanol–water partition coefficient (Wildman–Crippen LogP) is 5.10. The second kappa shape index (κ2) is 10.9. The standard InChI is InChI=1S/C26H28N2O4S/c1-5-28(6-2)25(30)22-17(3)20(26(31)32-4)24(33-22)27-23(29)21(18-13-9-7-10-14-18)19-15-11-8-12-16-19/h7-16,21H,5-6H2,1-4H3,(H,27,29). The number of rotatable bonds is 8. The highest BCUT2D eigenvalue weighted by Gasteiger charge is 2.30. The molecule has 2 aromatic carbocycles. The number of esters is 1. The normalized spacial score (nSPS) is 10.7. The average molecular weight is 465 g/mol. The fourth-order valence-corrected chi connectivity index (χ4v) is 4.94. The number of hydrogen-bond donors (Lipinski definition) is 1. The number of thiophene rings is 1. The van der Waals surface area contributed by atoms with E-state index >= 15 is 0 Å². The molecule has 3 rings (SSSR count). The van der Waals surface area contributed by atoms with Crippen molar-refractivity contribution in [3.8, 4) is 0 Å². The molecule has 7 heteroatoms. The van der Waals surface area contributed by atoms with Crippen molar-refractivity contribution in [1.29, 1.82) is 0 Å². The number of anilines is 1. The molecule has 3 aromatic rings. The first-order chi connectivity index (χ1) is 15.9. The van der Waals surface area contributed by atoms with Crippen molar-refractivity contribution in [2.75, 3.05) is 25.5 Å². The van der Waals surface area contributed by atoms with Crippen molar-refractivity contribution in [3.63, 3.8) is 0 Å². The highest BCUT2D eigenvalue weighted by Crippen LogP contribution is 2.36. The highest BCUT2D eigenvalue weighted by atomic mass is 32.1. The van der Waals surface area contributed by atoms with E-state index in [4.69, 9.17) is 4.74 Å². The van der Waals surface area contributed by atoms with Crippen LogP contribution < -0.4 is 5.32 Å². The minimum Gasteiger partial charge on any atom is -0.465 e. The second-order valence-corrected chi connectivity index (χ2v) is 8.49. The van der Waals surface area contributed by atoms with Gasteiger partial charge in [0.1, 0.15) is 5.00 Å². The molecule has 33 heavy (non-hydrogen) atoms. The van der Waals surface area contributed by atoms with E-state index in [9.17, 15) is 14.4 Å². The van der Waals surface area contributed by atoms with E-state index in [0.717, 1.165) is 22.5 Å². The maximum atomic E-state index is 13.6. The maximum Gasteiger partial charge on any atom is 0.341 e. The molecule has 1 aromatic heterocycles. The van der Waals surface area contributed by atoms with Crippen molar-refractivity contribution < 1.29 is 19.1 Å². The third kappa shape index (κ3) is 5.14. The summed E-state index contributed by atoms with van der Waals surface area (Å²) >= 11 is 1.11. The summed E-state index contributed by atoms with van der Waals surface area (Å²) in [6.45, 7) is 6.61. The third-order valence-corrected chi connectivity index (χ3v) is 6.74. The van der Waals surface area contributed by atoms with Crippen molar-refractivity contribution in [3.05, 3.63) is 87.8 Å². The lowest BCUT2D eigenvalue weighted by Gasteiger charge is -2.18. The summed E-state index contributed by atoms with van der Waals surface area (Å²) in [6.07, 6.45) is 0. The highest BCUT2D eigenvalue weighted by molar-refractivity contribution is 7.18. The minimum absolute atomic E-state index is 0.171. The largest absolute Gasteiger partial charge is 0.465 e. The molecule has 0 saturated carbocycles. The molecule has 0 aliphatic heterocycles. The molecule has 0 unspecified atom stereocenters. The zero-order chi connectivity index (χ0) is 24.0. The SMILES string of the molecule is CCN(CC)C(=O)c1sc(NC(=O)C(c2ccccc2)c2ccccc2)c(C(=O)OC)c1C. The number of carbonyl (C=O) groups is 3. The first-order valence-corrected chi connectivity index (χ1v) is 11.7. The zero-order valence-electron chi connectivity index (χ0n) is 19.3. The number of ether oxygens (including phenoxy) is 1. The molecule has 1 heterocycles. The minimum atomic E-state index is -0.589. The monoisotopic (exact) mass is 464 g/mol. The van der Waals surface area contributed by atoms with Crippen LogP contribution >= 0.6 is 11.3 Å². The molecule has 0 aliphatic rings. The number of carbonyl (C=O) groups excluding carboxylic acids is 3. The van der Waals surface area contributed by atoms with E-state index < -0.39 is 11.9 Å². The molecule has 0 radical (unpaired) electrons. The van der Waals surface area contributed by atoms with Gasteiger partial charge in [-0.25, -0.2) is 4.79 Å². The molecule has 0 bridgehead atoms. The lowest BCUT2D eigenvalue weighted by atomic mass is 9.90. The van der Waals surface area contributed by atoms with Crippen LogP contribution in [0.3, 0.4) is 0 Å². The van der Waals surface area contributed by atoms with Gasteiger partial charge in [0.2, 0.25) is 5.91 Å². The van der Waals surface area contributed by atoms with Crippen LogP contribution in [-0.4, -0.2) is 42.9 Å². The fraction of sp³-hybridized carbons (Fsp3) is 0.269. The van der Waals surface area contributed by atoms with Crippen molar-refractivity contribution >= 4 is 34.1 Å². The number of nitrogens with zero attached hydrogens (tertiary/aromatic N) is 1. The Morgan fingerprint density at radius 3 is 1.91 bits per heavy atom. The van der Waals surface area contributed by atoms with E-state index in [1.165, 1.54) is 7.11 Å². The summed E-state index contributed by atoms with van der Waals surface area (Å²) in [5.74, 6) is -1.63. The summed E-state index contributed by atoms with van der Waals surface area (Å²) in [6, 6.07) is 18.9. The smallest absolute Gasteiger partial charge is 0.341 e. The van der Waals surface area contributed by atoms with Gasteiger partial charge in [-0.15, -0.1) is 11.3 Å². The zero-order valence-corrected chi connectivity index (χ0v) is 20.1. The van der Waals surface area contributed by atoms with Crippen molar-refractivity contribution in [1.82, 2.24) is 4.90 Å². The van der Waals surface area contributed by atoms with E-state index in [-0.39, 0.29) is 17.4 Å². The van der Waals surface area contributed by atoms with Crippen molar-refractivity contribution in [2.45, 2.75) is 26.7 Å². The number of methoxy groups -OCH3 is 1. The Morgan fingerprint density at radius 1 is 0.939 bits per heavy atom. The van der Waals surface area contributed by atoms with Gasteiger partial charge in [-0.2, -0.15) is 0 Å². The predicted molar refractivity (Wildman–Crippen MR) is 131 cm³/mol. The number of nitrogens with one attached hydrogen (secondary N) is 1. The second-order valence-electron chi connectivity index (χ2n) is 7.47. The van der Waals surface area contributed by atoms with Gasteiger partial charge in [-0.3, -0.25) is 9.59 Å². The lowest BCUT2D eigenvalue weighted by molar-refractivity contribution is -0.116. The molecule has 2 amide bonds. The Kier molecular flexibility index (Phi) is 8.01. The summed E-state index contributed by atoms with van der Waals surface area (Å²) in [5, 5.41) is 3.24. The van der Waals surface area contributed by atoms with Gasteiger partial charge in [-0.05, 0) is 37.5 Å². The van der Waals surface area contributed by atoms with E-state index in [2.05, 4.69) is 5.32 Å². The number of benzene rings is 2. The first kappa shape index (κ1) is 24.2. The molecular weight excluding hydrogens is 436 g/mol. The van der Waals surface area contributed by atoms with Gasteiger partial charge in [0.05, 0.1) is 23.5 Å². The third-order valence-electron chi connectivity index (χ3n) is 5.55. The molecule has 1 N–H and O–H groups in total. The van der Waals surface area contributed by atoms with Crippen LogP contribution in [0.15, 0.2) is 60.7 Å². The van der Waals surface area contributed by atoms with Crippen LogP contribution in [0.5, 0.6) is 0 Å². The Hall–Kier alpha value is -3.45. The molecule has 0 saturated heterocycles. The van der Waals surface area contributed by atoms with Gasteiger partial charge in [0.25, 0.3) is 5.91 Å². The van der Waals surface area contributed by atoms with Crippen LogP contribution in [0, 0.1) is 6.92 Å². The molecule has 6 nitrogen and oxygen atoms in total. The molecule has 0 spiro atoms. The molecular formula is C26H28N2O4S. The van der Waals surface area contributed by atoms with Gasteiger partial charge >= 0.3 is 5.97 Å². The molecule has 172 valence electrons. The van der Waals surface area contributed by atoms with Crippen LogP contribution in [0.25, 0.3) is 0 Å². The molecule has 0 fully saturated rings. The Morgan fingerprint density at radius 2 is 1.45 bits per heavy atom. The van der Waals surface area contributed by atoms with E-state index in [0.29, 0.717) is 28.5 Å². The van der Waals surface area contributed by atoms with Crippen LogP contribution in [0.1, 0.15) is 56.5 Å². The van der Waals surface area contributed by atoms with Gasteiger partial charge < -0.3 is 15.0 Å². The number of hydrogen-bond acceptors (Lipinski definition) is 5. The van der Waals surface area contributed by atoms with Crippen LogP contribution in [0.4, 0.5) is 5.00 Å². The maximum absolute atomic E-state index is 13.6. The van der Waals surface area contributed by atoms with Gasteiger partial charge in [0, 0.05) is 13.1 Å². The van der Waals surface area contributed by atoms with Crippen molar-refractivity contribution in [2.24, 2.45) is 0 Å². The van der Waals surface area contributed by atoms with Crippen LogP contribution in [0.2, 0.25) is 0 Å². The average Bonchev–Trinajstić information content (AvgIpc) is 3.16. The lowest BCUT2D eigenvalue weighted by Crippen LogP contribution is -2.30. The Labute approximate surface area is 198 Å². The Balaban J connectivity index is 2.04. The van der Waals surface area contributed by atoms with E-state index in [1.54, 1.807) is 11.8 Å². The summed E-state index contributed by atoms with van der Waals surface area (Å²) < 4.78 is 4.97. The topological polar surface area (TPSA) is 75.7 Å². The van der Waals surface area contributed by atoms with Crippen LogP contribution in [-0.2, 0) is 9.53 Å². The number of amides is 2. The van der Waals surface area contributed by atoms with Gasteiger partial charge in [0.15, 0.2) is 0 Å². The quantitative estimate of drug-likeness (QED) is 0.471. The summed E-state index contributed by atoms with van der Waals surface area (Å²) in [5.41, 5.74) is 2.38. The molecule has 0 atom stereocenters. The molecule has 0 aliphatic carbocycles.